The number of nitrogens with one attached hydrogen (secondary N) is 2. The fourth-order valence-electron chi connectivity index (χ4n) is 4.76. The molecule has 0 radical (unpaired) electrons. The van der Waals surface area contributed by atoms with E-state index in [2.05, 4.69) is 43.2 Å². The Morgan fingerprint density at radius 1 is 1.03 bits per heavy atom. The number of likely N-dealkylation sites (N-methyl/N-ethyl adjacent to an activating group) is 1. The summed E-state index contributed by atoms with van der Waals surface area (Å²) in [4.78, 5) is 18.3. The summed E-state index contributed by atoms with van der Waals surface area (Å²) >= 11 is 0. The second-order valence-corrected chi connectivity index (χ2v) is 9.15. The van der Waals surface area contributed by atoms with Gasteiger partial charge in [-0.1, -0.05) is 6.07 Å². The quantitative estimate of drug-likeness (QED) is 0.470. The van der Waals surface area contributed by atoms with Crippen LogP contribution in [-0.2, 0) is 13.0 Å². The maximum Gasteiger partial charge on any atom is 0.197 e. The van der Waals surface area contributed by atoms with Gasteiger partial charge in [-0.15, -0.1) is 0 Å². The van der Waals surface area contributed by atoms with Crippen molar-refractivity contribution in [3.63, 3.8) is 0 Å². The molecule has 1 aliphatic heterocycles. The highest BCUT2D eigenvalue weighted by Gasteiger charge is 2.21. The number of piperazine rings is 1. The highest BCUT2D eigenvalue weighted by molar-refractivity contribution is 6.03. The molecule has 1 fully saturated rings. The van der Waals surface area contributed by atoms with E-state index < -0.39 is 0 Å². The van der Waals surface area contributed by atoms with Gasteiger partial charge in [-0.25, -0.2) is 9.97 Å². The summed E-state index contributed by atoms with van der Waals surface area (Å²) < 4.78 is 6.17. The van der Waals surface area contributed by atoms with Gasteiger partial charge in [0.2, 0.25) is 0 Å². The summed E-state index contributed by atoms with van der Waals surface area (Å²) in [5, 5.41) is 12.6. The van der Waals surface area contributed by atoms with Gasteiger partial charge in [0.05, 0.1) is 11.9 Å². The first-order valence-corrected chi connectivity index (χ1v) is 11.7. The third-order valence-electron chi connectivity index (χ3n) is 6.75. The SMILES string of the molecule is CN1CCN(Cc2cnc(-c3oc4cnccc4c3Nc3ccc4c(c3)CCC4=N)nc2)CC1. The van der Waals surface area contributed by atoms with Crippen molar-refractivity contribution in [3.05, 3.63) is 65.7 Å². The van der Waals surface area contributed by atoms with Gasteiger partial charge in [-0.3, -0.25) is 9.88 Å². The second-order valence-electron chi connectivity index (χ2n) is 9.15. The molecule has 1 saturated heterocycles. The van der Waals surface area contributed by atoms with E-state index in [-0.39, 0.29) is 0 Å². The molecule has 8 nitrogen and oxygen atoms in total. The lowest BCUT2D eigenvalue weighted by atomic mass is 10.1. The topological polar surface area (TPSA) is 94.2 Å². The number of benzene rings is 1. The monoisotopic (exact) mass is 453 g/mol. The molecule has 1 aromatic carbocycles. The first kappa shape index (κ1) is 20.9. The van der Waals surface area contributed by atoms with E-state index in [0.29, 0.717) is 22.9 Å². The summed E-state index contributed by atoms with van der Waals surface area (Å²) in [5.41, 5.74) is 6.54. The lowest BCUT2D eigenvalue weighted by Crippen LogP contribution is -2.43. The molecule has 4 heterocycles. The van der Waals surface area contributed by atoms with Crippen LogP contribution in [-0.4, -0.2) is 63.7 Å². The number of nitrogens with zero attached hydrogens (tertiary/aromatic N) is 5. The zero-order chi connectivity index (χ0) is 23.1. The highest BCUT2D eigenvalue weighted by Crippen LogP contribution is 2.38. The van der Waals surface area contributed by atoms with Crippen LogP contribution < -0.4 is 5.32 Å². The van der Waals surface area contributed by atoms with Gasteiger partial charge in [0.1, 0.15) is 0 Å². The van der Waals surface area contributed by atoms with Gasteiger partial charge in [-0.2, -0.15) is 0 Å². The van der Waals surface area contributed by atoms with Crippen LogP contribution in [0, 0.1) is 5.41 Å². The second kappa shape index (κ2) is 8.62. The summed E-state index contributed by atoms with van der Waals surface area (Å²) in [6.07, 6.45) is 8.99. The van der Waals surface area contributed by atoms with Crippen LogP contribution >= 0.6 is 0 Å². The molecule has 8 heteroatoms. The zero-order valence-corrected chi connectivity index (χ0v) is 19.2. The van der Waals surface area contributed by atoms with Gasteiger partial charge >= 0.3 is 0 Å². The molecule has 0 unspecified atom stereocenters. The number of hydrogen-bond donors (Lipinski definition) is 2. The van der Waals surface area contributed by atoms with E-state index in [1.54, 1.807) is 12.4 Å². The average molecular weight is 454 g/mol. The fourth-order valence-corrected chi connectivity index (χ4v) is 4.76. The molecule has 0 spiro atoms. The molecule has 3 aromatic heterocycles. The molecule has 4 aromatic rings. The van der Waals surface area contributed by atoms with Crippen molar-refractivity contribution in [1.29, 1.82) is 5.41 Å². The minimum atomic E-state index is 0.545. The number of anilines is 2. The van der Waals surface area contributed by atoms with Gasteiger partial charge in [-0.05, 0) is 49.2 Å². The van der Waals surface area contributed by atoms with E-state index in [1.807, 2.05) is 30.6 Å². The maximum atomic E-state index is 8.10. The van der Waals surface area contributed by atoms with Crippen LogP contribution in [0.1, 0.15) is 23.1 Å². The van der Waals surface area contributed by atoms with Crippen molar-refractivity contribution in [2.45, 2.75) is 19.4 Å². The van der Waals surface area contributed by atoms with Crippen LogP contribution in [0.3, 0.4) is 0 Å². The largest absolute Gasteiger partial charge is 0.449 e. The molecule has 172 valence electrons. The Hall–Kier alpha value is -3.62. The molecule has 0 atom stereocenters. The van der Waals surface area contributed by atoms with Gasteiger partial charge in [0.25, 0.3) is 0 Å². The summed E-state index contributed by atoms with van der Waals surface area (Å²) in [7, 11) is 2.16. The molecule has 2 N–H and O–H groups in total. The summed E-state index contributed by atoms with van der Waals surface area (Å²) in [6.45, 7) is 5.15. The van der Waals surface area contributed by atoms with E-state index in [9.17, 15) is 0 Å². The average Bonchev–Trinajstić information content (AvgIpc) is 3.41. The molecular weight excluding hydrogens is 426 g/mol. The van der Waals surface area contributed by atoms with Crippen molar-refractivity contribution in [2.24, 2.45) is 0 Å². The van der Waals surface area contributed by atoms with Crippen molar-refractivity contribution >= 4 is 28.1 Å². The van der Waals surface area contributed by atoms with Crippen LogP contribution in [0.4, 0.5) is 11.4 Å². The molecular formula is C26H27N7O. The van der Waals surface area contributed by atoms with Crippen molar-refractivity contribution in [1.82, 2.24) is 24.8 Å². The molecule has 0 bridgehead atoms. The van der Waals surface area contributed by atoms with Crippen molar-refractivity contribution < 1.29 is 4.42 Å². The third kappa shape index (κ3) is 3.95. The van der Waals surface area contributed by atoms with E-state index >= 15 is 0 Å². The summed E-state index contributed by atoms with van der Waals surface area (Å²) in [6, 6.07) is 8.11. The Bertz CT molecular complexity index is 1350. The molecule has 2 aliphatic rings. The van der Waals surface area contributed by atoms with Crippen molar-refractivity contribution in [2.75, 3.05) is 38.5 Å². The Balaban J connectivity index is 1.30. The standard InChI is InChI=1S/C26H27N7O/c1-32-8-10-33(11-9-32)16-17-13-29-26(30-14-17)25-24(21-6-7-28-15-23(21)34-25)31-19-3-4-20-18(12-19)2-5-22(20)27/h3-4,6-7,12-15,27,31H,2,5,8-11,16H2,1H3. The van der Waals surface area contributed by atoms with Crippen LogP contribution in [0.15, 0.2) is 53.5 Å². The van der Waals surface area contributed by atoms with E-state index in [4.69, 9.17) is 9.83 Å². The maximum absolute atomic E-state index is 8.10. The number of fused-ring (bicyclic) bond motifs is 2. The van der Waals surface area contributed by atoms with E-state index in [0.717, 1.165) is 73.5 Å². The molecule has 0 saturated carbocycles. The lowest BCUT2D eigenvalue weighted by molar-refractivity contribution is 0.148. The highest BCUT2D eigenvalue weighted by atomic mass is 16.3. The number of rotatable bonds is 5. The normalized spacial score (nSPS) is 16.8. The van der Waals surface area contributed by atoms with Gasteiger partial charge in [0, 0.05) is 73.7 Å². The Morgan fingerprint density at radius 3 is 2.68 bits per heavy atom. The Labute approximate surface area is 198 Å². The number of aromatic nitrogens is 3. The number of aryl methyl sites for hydroxylation is 1. The van der Waals surface area contributed by atoms with Crippen molar-refractivity contribution in [3.8, 4) is 11.6 Å². The predicted octanol–water partition coefficient (Wildman–Crippen LogP) is 4.09. The number of hydrogen-bond acceptors (Lipinski definition) is 8. The molecule has 1 aliphatic carbocycles. The smallest absolute Gasteiger partial charge is 0.197 e. The lowest BCUT2D eigenvalue weighted by Gasteiger charge is -2.32. The fraction of sp³-hybridized carbons (Fsp3) is 0.308. The Kier molecular flexibility index (Phi) is 5.31. The van der Waals surface area contributed by atoms with Crippen LogP contribution in [0.25, 0.3) is 22.6 Å². The predicted molar refractivity (Wildman–Crippen MR) is 133 cm³/mol. The minimum absolute atomic E-state index is 0.545. The van der Waals surface area contributed by atoms with Gasteiger partial charge < -0.3 is 20.0 Å². The van der Waals surface area contributed by atoms with Crippen LogP contribution in [0.5, 0.6) is 0 Å². The first-order valence-electron chi connectivity index (χ1n) is 11.7. The number of pyridine rings is 1. The summed E-state index contributed by atoms with van der Waals surface area (Å²) in [5.74, 6) is 1.14. The first-order chi connectivity index (χ1) is 16.6. The molecule has 34 heavy (non-hydrogen) atoms. The third-order valence-corrected chi connectivity index (χ3v) is 6.75. The Morgan fingerprint density at radius 2 is 1.85 bits per heavy atom. The zero-order valence-electron chi connectivity index (χ0n) is 19.2. The minimum Gasteiger partial charge on any atom is -0.449 e. The number of furan rings is 1. The molecule has 6 rings (SSSR count). The van der Waals surface area contributed by atoms with E-state index in [1.165, 1.54) is 5.56 Å². The molecule has 0 amide bonds. The van der Waals surface area contributed by atoms with Gasteiger partial charge in [0.15, 0.2) is 17.2 Å². The van der Waals surface area contributed by atoms with Crippen LogP contribution in [0.2, 0.25) is 0 Å².